The monoisotopic (exact) mass is 270 g/mol. The molecule has 0 spiro atoms. The van der Waals surface area contributed by atoms with Crippen LogP contribution in [0.25, 0.3) is 0 Å². The maximum Gasteiger partial charge on any atom is 0.0791 e. The number of nitrogens with one attached hydrogen (secondary N) is 1. The second-order valence-corrected chi connectivity index (χ2v) is 5.76. The van der Waals surface area contributed by atoms with E-state index in [1.807, 2.05) is 0 Å². The van der Waals surface area contributed by atoms with E-state index >= 15 is 0 Å². The van der Waals surface area contributed by atoms with Crippen LogP contribution in [0.15, 0.2) is 17.5 Å². The quantitative estimate of drug-likeness (QED) is 0.720. The molecule has 2 atom stereocenters. The lowest BCUT2D eigenvalue weighted by molar-refractivity contribution is 0.114. The van der Waals surface area contributed by atoms with Crippen LogP contribution < -0.4 is 5.32 Å². The molecule has 0 saturated carbocycles. The summed E-state index contributed by atoms with van der Waals surface area (Å²) in [5.74, 6) is 0. The van der Waals surface area contributed by atoms with Gasteiger partial charge in [0.1, 0.15) is 0 Å². The first-order chi connectivity index (χ1) is 8.65. The minimum Gasteiger partial charge on any atom is -0.390 e. The Morgan fingerprint density at radius 3 is 2.67 bits per heavy atom. The lowest BCUT2D eigenvalue weighted by Crippen LogP contribution is -2.41. The molecule has 2 N–H and O–H groups in total. The minimum atomic E-state index is -0.282. The van der Waals surface area contributed by atoms with Crippen molar-refractivity contribution in [2.24, 2.45) is 0 Å². The lowest BCUT2D eigenvalue weighted by atomic mass is 10.2. The molecule has 2 unspecified atom stereocenters. The molecular weight excluding hydrogens is 244 g/mol. The van der Waals surface area contributed by atoms with Crippen molar-refractivity contribution in [2.45, 2.75) is 39.3 Å². The summed E-state index contributed by atoms with van der Waals surface area (Å²) >= 11 is 1.79. The summed E-state index contributed by atoms with van der Waals surface area (Å²) in [6.07, 6.45) is 0.756. The van der Waals surface area contributed by atoms with Crippen molar-refractivity contribution in [3.8, 4) is 0 Å². The Kier molecular flexibility index (Phi) is 7.51. The fourth-order valence-electron chi connectivity index (χ4n) is 1.98. The van der Waals surface area contributed by atoms with Crippen LogP contribution in [0, 0.1) is 0 Å². The third-order valence-electron chi connectivity index (χ3n) is 3.15. The van der Waals surface area contributed by atoms with Crippen LogP contribution in [0.3, 0.4) is 0 Å². The van der Waals surface area contributed by atoms with Gasteiger partial charge in [-0.05, 0) is 37.9 Å². The van der Waals surface area contributed by atoms with E-state index in [-0.39, 0.29) is 6.10 Å². The zero-order valence-corrected chi connectivity index (χ0v) is 12.5. The van der Waals surface area contributed by atoms with Gasteiger partial charge in [0, 0.05) is 24.0 Å². The van der Waals surface area contributed by atoms with Crippen molar-refractivity contribution >= 4 is 11.3 Å². The maximum atomic E-state index is 9.96. The van der Waals surface area contributed by atoms with Crippen LogP contribution in [0.5, 0.6) is 0 Å². The lowest BCUT2D eigenvalue weighted by Gasteiger charge is -2.23. The molecule has 18 heavy (non-hydrogen) atoms. The molecule has 4 heteroatoms. The number of aliphatic hydroxyl groups excluding tert-OH is 1. The van der Waals surface area contributed by atoms with Crippen LogP contribution in [-0.4, -0.2) is 48.3 Å². The van der Waals surface area contributed by atoms with E-state index in [2.05, 4.69) is 48.5 Å². The van der Waals surface area contributed by atoms with E-state index < -0.39 is 0 Å². The van der Waals surface area contributed by atoms with Gasteiger partial charge in [-0.25, -0.2) is 0 Å². The standard InChI is InChI=1S/C14H26N2OS/c1-4-16(5-2)11-13(17)10-15-12(3)9-14-7-6-8-18-14/h6-8,12-13,15,17H,4-5,9-11H2,1-3H3. The van der Waals surface area contributed by atoms with Gasteiger partial charge in [-0.2, -0.15) is 0 Å². The number of hydrogen-bond donors (Lipinski definition) is 2. The van der Waals surface area contributed by atoms with Gasteiger partial charge in [0.05, 0.1) is 6.10 Å². The largest absolute Gasteiger partial charge is 0.390 e. The van der Waals surface area contributed by atoms with Gasteiger partial charge in [-0.3, -0.25) is 0 Å². The summed E-state index contributed by atoms with van der Waals surface area (Å²) in [6, 6.07) is 4.66. The van der Waals surface area contributed by atoms with Gasteiger partial charge in [-0.1, -0.05) is 19.9 Å². The molecule has 1 aromatic rings. The third kappa shape index (κ3) is 5.96. The first-order valence-corrected chi connectivity index (χ1v) is 7.69. The molecule has 0 fully saturated rings. The predicted molar refractivity (Wildman–Crippen MR) is 79.3 cm³/mol. The number of likely N-dealkylation sites (N-methyl/N-ethyl adjacent to an activating group) is 1. The van der Waals surface area contributed by atoms with Crippen LogP contribution >= 0.6 is 11.3 Å². The van der Waals surface area contributed by atoms with Crippen molar-refractivity contribution < 1.29 is 5.11 Å². The van der Waals surface area contributed by atoms with E-state index in [4.69, 9.17) is 0 Å². The minimum absolute atomic E-state index is 0.282. The first kappa shape index (κ1) is 15.6. The van der Waals surface area contributed by atoms with E-state index in [9.17, 15) is 5.11 Å². The molecule has 0 amide bonds. The van der Waals surface area contributed by atoms with Crippen molar-refractivity contribution in [3.63, 3.8) is 0 Å². The van der Waals surface area contributed by atoms with Gasteiger partial charge >= 0.3 is 0 Å². The highest BCUT2D eigenvalue weighted by Crippen LogP contribution is 2.10. The van der Waals surface area contributed by atoms with E-state index in [1.54, 1.807) is 11.3 Å². The van der Waals surface area contributed by atoms with E-state index in [0.717, 1.165) is 26.1 Å². The molecule has 1 rings (SSSR count). The Balaban J connectivity index is 2.19. The molecule has 0 saturated heterocycles. The molecule has 1 heterocycles. The van der Waals surface area contributed by atoms with Gasteiger partial charge in [0.2, 0.25) is 0 Å². The van der Waals surface area contributed by atoms with E-state index in [0.29, 0.717) is 12.6 Å². The SMILES string of the molecule is CCN(CC)CC(O)CNC(C)Cc1cccs1. The summed E-state index contributed by atoms with van der Waals surface area (Å²) in [7, 11) is 0. The van der Waals surface area contributed by atoms with Crippen LogP contribution in [0.1, 0.15) is 25.6 Å². The summed E-state index contributed by atoms with van der Waals surface area (Å²) < 4.78 is 0. The number of aliphatic hydroxyl groups is 1. The highest BCUT2D eigenvalue weighted by atomic mass is 32.1. The zero-order valence-electron chi connectivity index (χ0n) is 11.7. The van der Waals surface area contributed by atoms with Crippen molar-refractivity contribution in [1.29, 1.82) is 0 Å². The molecule has 0 radical (unpaired) electrons. The number of rotatable bonds is 9. The normalized spacial score (nSPS) is 14.9. The molecule has 0 aliphatic rings. The molecule has 3 nitrogen and oxygen atoms in total. The molecule has 0 aliphatic heterocycles. The predicted octanol–water partition coefficient (Wildman–Crippen LogP) is 1.97. The van der Waals surface area contributed by atoms with Gasteiger partial charge in [-0.15, -0.1) is 11.3 Å². The van der Waals surface area contributed by atoms with Crippen molar-refractivity contribution in [1.82, 2.24) is 10.2 Å². The molecule has 0 aliphatic carbocycles. The van der Waals surface area contributed by atoms with Crippen molar-refractivity contribution in [3.05, 3.63) is 22.4 Å². The molecule has 104 valence electrons. The zero-order chi connectivity index (χ0) is 13.4. The number of hydrogen-bond acceptors (Lipinski definition) is 4. The Bertz CT molecular complexity index is 299. The van der Waals surface area contributed by atoms with Crippen LogP contribution in [0.2, 0.25) is 0 Å². The third-order valence-corrected chi connectivity index (χ3v) is 4.05. The van der Waals surface area contributed by atoms with Crippen molar-refractivity contribution in [2.75, 3.05) is 26.2 Å². The smallest absolute Gasteiger partial charge is 0.0791 e. The fourth-order valence-corrected chi connectivity index (χ4v) is 2.82. The van der Waals surface area contributed by atoms with Gasteiger partial charge in [0.25, 0.3) is 0 Å². The highest BCUT2D eigenvalue weighted by molar-refractivity contribution is 7.09. The summed E-state index contributed by atoms with van der Waals surface area (Å²) in [4.78, 5) is 3.64. The molecule has 1 aromatic heterocycles. The number of nitrogens with zero attached hydrogens (tertiary/aromatic N) is 1. The van der Waals surface area contributed by atoms with Gasteiger partial charge < -0.3 is 15.3 Å². The molecular formula is C14H26N2OS. The maximum absolute atomic E-state index is 9.96. The van der Waals surface area contributed by atoms with Crippen LogP contribution in [0.4, 0.5) is 0 Å². The summed E-state index contributed by atoms with van der Waals surface area (Å²) in [6.45, 7) is 9.85. The second kappa shape index (κ2) is 8.64. The highest BCUT2D eigenvalue weighted by Gasteiger charge is 2.10. The van der Waals surface area contributed by atoms with Gasteiger partial charge in [0.15, 0.2) is 0 Å². The number of thiophene rings is 1. The second-order valence-electron chi connectivity index (χ2n) is 4.73. The van der Waals surface area contributed by atoms with E-state index in [1.165, 1.54) is 4.88 Å². The Hall–Kier alpha value is -0.420. The Morgan fingerprint density at radius 2 is 2.11 bits per heavy atom. The first-order valence-electron chi connectivity index (χ1n) is 6.81. The summed E-state index contributed by atoms with van der Waals surface area (Å²) in [5.41, 5.74) is 0. The average molecular weight is 270 g/mol. The Labute approximate surface area is 115 Å². The van der Waals surface area contributed by atoms with Crippen LogP contribution in [-0.2, 0) is 6.42 Å². The molecule has 0 bridgehead atoms. The fraction of sp³-hybridized carbons (Fsp3) is 0.714. The summed E-state index contributed by atoms with van der Waals surface area (Å²) in [5, 5.41) is 15.5. The average Bonchev–Trinajstić information content (AvgIpc) is 2.86. The topological polar surface area (TPSA) is 35.5 Å². The molecule has 0 aromatic carbocycles. The Morgan fingerprint density at radius 1 is 1.39 bits per heavy atom.